The molecule has 0 saturated heterocycles. The Labute approximate surface area is 197 Å². The van der Waals surface area contributed by atoms with E-state index < -0.39 is 0 Å². The fraction of sp³-hybridized carbons (Fsp3) is 0.231. The van der Waals surface area contributed by atoms with Crippen LogP contribution < -0.4 is 10.1 Å². The minimum absolute atomic E-state index is 0.0296. The Hall–Kier alpha value is -3.12. The van der Waals surface area contributed by atoms with Crippen molar-refractivity contribution in [3.05, 3.63) is 81.8 Å². The molecule has 0 aliphatic heterocycles. The Bertz CT molecular complexity index is 1130. The molecular weight excluding hydrogens is 468 g/mol. The van der Waals surface area contributed by atoms with E-state index in [2.05, 4.69) is 47.0 Å². The topological polar surface area (TPSA) is 70.9 Å². The third-order valence-electron chi connectivity index (χ3n) is 4.84. The second-order valence-electron chi connectivity index (χ2n) is 8.36. The average Bonchev–Trinajstić information content (AvgIpc) is 2.75. The number of anilines is 1. The molecule has 0 fully saturated rings. The van der Waals surface area contributed by atoms with Crippen molar-refractivity contribution < 1.29 is 14.6 Å². The highest BCUT2D eigenvalue weighted by molar-refractivity contribution is 9.10. The van der Waals surface area contributed by atoms with Gasteiger partial charge in [-0.1, -0.05) is 54.9 Å². The molecule has 0 aromatic heterocycles. The molecule has 0 unspecified atom stereocenters. The predicted molar refractivity (Wildman–Crippen MR) is 134 cm³/mol. The molecule has 6 heteroatoms. The van der Waals surface area contributed by atoms with Gasteiger partial charge in [0.05, 0.1) is 12.3 Å². The zero-order valence-electron chi connectivity index (χ0n) is 18.6. The Morgan fingerprint density at radius 1 is 1.12 bits per heavy atom. The summed E-state index contributed by atoms with van der Waals surface area (Å²) in [7, 11) is 0. The number of ether oxygens (including phenoxy) is 1. The van der Waals surface area contributed by atoms with E-state index in [1.165, 1.54) is 5.56 Å². The van der Waals surface area contributed by atoms with Gasteiger partial charge in [-0.25, -0.2) is 0 Å². The number of aliphatic imine (C=N–C) groups is 1. The number of phenols is 1. The van der Waals surface area contributed by atoms with E-state index in [0.29, 0.717) is 34.9 Å². The molecule has 166 valence electrons. The first-order valence-corrected chi connectivity index (χ1v) is 11.2. The van der Waals surface area contributed by atoms with Crippen molar-refractivity contribution in [2.75, 3.05) is 11.9 Å². The van der Waals surface area contributed by atoms with Gasteiger partial charge in [0.25, 0.3) is 5.91 Å². The van der Waals surface area contributed by atoms with Crippen LogP contribution in [-0.4, -0.2) is 23.8 Å². The molecule has 3 aromatic carbocycles. The number of hydrogen-bond acceptors (Lipinski definition) is 4. The fourth-order valence-corrected chi connectivity index (χ4v) is 3.55. The molecule has 3 aromatic rings. The summed E-state index contributed by atoms with van der Waals surface area (Å²) in [5.41, 5.74) is 3.61. The molecule has 32 heavy (non-hydrogen) atoms. The van der Waals surface area contributed by atoms with Gasteiger partial charge in [0.2, 0.25) is 0 Å². The summed E-state index contributed by atoms with van der Waals surface area (Å²) in [6.45, 7) is 8.72. The predicted octanol–water partition coefficient (Wildman–Crippen LogP) is 6.85. The summed E-state index contributed by atoms with van der Waals surface area (Å²) >= 11 is 3.42. The number of aromatic hydroxyl groups is 1. The second kappa shape index (κ2) is 10.0. The molecule has 1 amide bonds. The lowest BCUT2D eigenvalue weighted by Gasteiger charge is -2.19. The Morgan fingerprint density at radius 2 is 1.84 bits per heavy atom. The van der Waals surface area contributed by atoms with Gasteiger partial charge < -0.3 is 15.2 Å². The van der Waals surface area contributed by atoms with Crippen molar-refractivity contribution in [1.82, 2.24) is 0 Å². The van der Waals surface area contributed by atoms with Crippen molar-refractivity contribution in [1.29, 1.82) is 0 Å². The normalized spacial score (nSPS) is 11.5. The number of phenolic OH excluding ortho intramolecular Hbond substituents is 1. The minimum atomic E-state index is -0.183. The number of halogens is 1. The molecule has 0 heterocycles. The monoisotopic (exact) mass is 494 g/mol. The quantitative estimate of drug-likeness (QED) is 0.367. The van der Waals surface area contributed by atoms with Crippen LogP contribution in [0.4, 0.5) is 11.4 Å². The van der Waals surface area contributed by atoms with Crippen LogP contribution in [0.1, 0.15) is 49.2 Å². The van der Waals surface area contributed by atoms with Crippen LogP contribution in [0, 0.1) is 0 Å². The maximum atomic E-state index is 12.6. The summed E-state index contributed by atoms with van der Waals surface area (Å²) in [5.74, 6) is 0.237. The maximum Gasteiger partial charge on any atom is 0.255 e. The van der Waals surface area contributed by atoms with Crippen molar-refractivity contribution in [3.63, 3.8) is 0 Å². The van der Waals surface area contributed by atoms with Crippen LogP contribution in [0.25, 0.3) is 0 Å². The third kappa shape index (κ3) is 5.98. The van der Waals surface area contributed by atoms with E-state index >= 15 is 0 Å². The minimum Gasteiger partial charge on any atom is -0.504 e. The van der Waals surface area contributed by atoms with Crippen molar-refractivity contribution in [2.24, 2.45) is 4.99 Å². The fourth-order valence-electron chi connectivity index (χ4n) is 3.09. The van der Waals surface area contributed by atoms with Crippen LogP contribution >= 0.6 is 15.9 Å². The number of benzene rings is 3. The van der Waals surface area contributed by atoms with E-state index in [4.69, 9.17) is 4.74 Å². The van der Waals surface area contributed by atoms with E-state index in [0.717, 1.165) is 4.47 Å². The highest BCUT2D eigenvalue weighted by Crippen LogP contribution is 2.33. The standard InChI is InChI=1S/C26H27BrN2O3/c1-5-32-23-14-20(27)13-18(24(23)30)16-28-21-7-6-8-22(15-21)29-25(31)17-9-11-19(12-10-17)26(2,3)4/h6-16,30H,5H2,1-4H3,(H,29,31). The van der Waals surface area contributed by atoms with Crippen molar-refractivity contribution >= 4 is 39.4 Å². The van der Waals surface area contributed by atoms with Gasteiger partial charge in [-0.2, -0.15) is 0 Å². The van der Waals surface area contributed by atoms with Crippen LogP contribution in [0.15, 0.2) is 70.1 Å². The Kier molecular flexibility index (Phi) is 7.36. The summed E-state index contributed by atoms with van der Waals surface area (Å²) in [6.07, 6.45) is 1.56. The second-order valence-corrected chi connectivity index (χ2v) is 9.28. The van der Waals surface area contributed by atoms with Gasteiger partial charge in [0, 0.05) is 27.5 Å². The van der Waals surface area contributed by atoms with Crippen LogP contribution in [0.5, 0.6) is 11.5 Å². The highest BCUT2D eigenvalue weighted by atomic mass is 79.9. The molecule has 2 N–H and O–H groups in total. The van der Waals surface area contributed by atoms with Crippen molar-refractivity contribution in [3.8, 4) is 11.5 Å². The van der Waals surface area contributed by atoms with Gasteiger partial charge in [0.15, 0.2) is 11.5 Å². The largest absolute Gasteiger partial charge is 0.504 e. The first-order valence-electron chi connectivity index (χ1n) is 10.4. The van der Waals surface area contributed by atoms with Crippen LogP contribution in [-0.2, 0) is 5.41 Å². The molecule has 0 atom stereocenters. The van der Waals surface area contributed by atoms with Crippen LogP contribution in [0.2, 0.25) is 0 Å². The van der Waals surface area contributed by atoms with Gasteiger partial charge >= 0.3 is 0 Å². The average molecular weight is 495 g/mol. The lowest BCUT2D eigenvalue weighted by molar-refractivity contribution is 0.102. The zero-order chi connectivity index (χ0) is 23.3. The molecule has 5 nitrogen and oxygen atoms in total. The number of nitrogens with one attached hydrogen (secondary N) is 1. The van der Waals surface area contributed by atoms with Gasteiger partial charge in [0.1, 0.15) is 0 Å². The smallest absolute Gasteiger partial charge is 0.255 e. The maximum absolute atomic E-state index is 12.6. The summed E-state index contributed by atoms with van der Waals surface area (Å²) in [6, 6.07) is 18.3. The Balaban J connectivity index is 1.75. The van der Waals surface area contributed by atoms with Crippen LogP contribution in [0.3, 0.4) is 0 Å². The lowest BCUT2D eigenvalue weighted by Crippen LogP contribution is -2.14. The Morgan fingerprint density at radius 3 is 2.50 bits per heavy atom. The number of carbonyl (C=O) groups excluding carboxylic acids is 1. The number of rotatable bonds is 6. The van der Waals surface area contributed by atoms with Crippen molar-refractivity contribution in [2.45, 2.75) is 33.1 Å². The third-order valence-corrected chi connectivity index (χ3v) is 5.30. The first-order chi connectivity index (χ1) is 15.2. The molecule has 0 bridgehead atoms. The number of carbonyl (C=O) groups is 1. The van der Waals surface area contributed by atoms with E-state index in [-0.39, 0.29) is 17.1 Å². The molecule has 0 spiro atoms. The van der Waals surface area contributed by atoms with Gasteiger partial charge in [-0.15, -0.1) is 0 Å². The summed E-state index contributed by atoms with van der Waals surface area (Å²) in [4.78, 5) is 17.1. The lowest BCUT2D eigenvalue weighted by atomic mass is 9.87. The number of hydrogen-bond donors (Lipinski definition) is 2. The van der Waals surface area contributed by atoms with E-state index in [1.807, 2.05) is 49.4 Å². The molecular formula is C26H27BrN2O3. The molecule has 0 saturated carbocycles. The summed E-state index contributed by atoms with van der Waals surface area (Å²) in [5, 5.41) is 13.3. The molecule has 0 radical (unpaired) electrons. The molecule has 0 aliphatic rings. The van der Waals surface area contributed by atoms with E-state index in [1.54, 1.807) is 24.4 Å². The SMILES string of the molecule is CCOc1cc(Br)cc(C=Nc2cccc(NC(=O)c3ccc(C(C)(C)C)cc3)c2)c1O. The van der Waals surface area contributed by atoms with E-state index in [9.17, 15) is 9.90 Å². The number of amides is 1. The number of nitrogens with zero attached hydrogens (tertiary/aromatic N) is 1. The molecule has 0 aliphatic carbocycles. The van der Waals surface area contributed by atoms with Gasteiger partial charge in [-0.3, -0.25) is 9.79 Å². The first kappa shape index (κ1) is 23.5. The highest BCUT2D eigenvalue weighted by Gasteiger charge is 2.14. The summed E-state index contributed by atoms with van der Waals surface area (Å²) < 4.78 is 6.23. The zero-order valence-corrected chi connectivity index (χ0v) is 20.2. The molecule has 3 rings (SSSR count). The van der Waals surface area contributed by atoms with Gasteiger partial charge in [-0.05, 0) is 60.4 Å².